The smallest absolute Gasteiger partial charge is 0.153 e. The van der Waals surface area contributed by atoms with Crippen molar-refractivity contribution in [1.29, 1.82) is 0 Å². The molecular weight excluding hydrogens is 224 g/mol. The van der Waals surface area contributed by atoms with Crippen molar-refractivity contribution in [2.24, 2.45) is 5.73 Å². The summed E-state index contributed by atoms with van der Waals surface area (Å²) in [6.45, 7) is 3.17. The van der Waals surface area contributed by atoms with Crippen molar-refractivity contribution in [1.82, 2.24) is 0 Å². The molecule has 0 saturated carbocycles. The van der Waals surface area contributed by atoms with Gasteiger partial charge in [0.05, 0.1) is 12.7 Å². The molecule has 1 rings (SSSR count). The molecule has 1 aromatic carbocycles. The molecule has 1 aromatic rings. The van der Waals surface area contributed by atoms with Crippen LogP contribution in [-0.2, 0) is 5.54 Å². The molecule has 2 N–H and O–H groups in total. The van der Waals surface area contributed by atoms with E-state index >= 15 is 0 Å². The Morgan fingerprint density at radius 2 is 1.93 bits per heavy atom. The first-order valence-corrected chi connectivity index (χ1v) is 4.67. The second-order valence-corrected chi connectivity index (χ2v) is 4.16. The van der Waals surface area contributed by atoms with Crippen molar-refractivity contribution in [3.63, 3.8) is 0 Å². The Hall–Kier alpha value is -0.870. The van der Waals surface area contributed by atoms with Crippen molar-refractivity contribution in [2.45, 2.75) is 19.4 Å². The maximum Gasteiger partial charge on any atom is 0.153 e. The van der Waals surface area contributed by atoms with Gasteiger partial charge < -0.3 is 10.5 Å². The van der Waals surface area contributed by atoms with Crippen LogP contribution in [0, 0.1) is 11.6 Å². The van der Waals surface area contributed by atoms with Crippen LogP contribution >= 0.6 is 11.6 Å². The van der Waals surface area contributed by atoms with Crippen molar-refractivity contribution >= 4 is 11.6 Å². The lowest BCUT2D eigenvalue weighted by atomic mass is 9.94. The highest BCUT2D eigenvalue weighted by molar-refractivity contribution is 6.31. The second kappa shape index (κ2) is 3.94. The van der Waals surface area contributed by atoms with Crippen LogP contribution in [0.2, 0.25) is 5.02 Å². The molecule has 0 heterocycles. The normalized spacial score (nSPS) is 11.7. The summed E-state index contributed by atoms with van der Waals surface area (Å²) < 4.78 is 31.6. The Morgan fingerprint density at radius 1 is 1.40 bits per heavy atom. The van der Waals surface area contributed by atoms with Gasteiger partial charge in [-0.2, -0.15) is 0 Å². The molecule has 0 fully saturated rings. The van der Waals surface area contributed by atoms with Gasteiger partial charge >= 0.3 is 0 Å². The summed E-state index contributed by atoms with van der Waals surface area (Å²) >= 11 is 5.46. The molecule has 0 aliphatic carbocycles. The zero-order valence-corrected chi connectivity index (χ0v) is 9.45. The molecule has 0 aliphatic heterocycles. The Balaban J connectivity index is 3.55. The quantitative estimate of drug-likeness (QED) is 0.800. The van der Waals surface area contributed by atoms with Crippen LogP contribution in [0.3, 0.4) is 0 Å². The van der Waals surface area contributed by atoms with Gasteiger partial charge in [-0.3, -0.25) is 0 Å². The van der Waals surface area contributed by atoms with E-state index in [0.29, 0.717) is 0 Å². The van der Waals surface area contributed by atoms with Gasteiger partial charge in [-0.15, -0.1) is 0 Å². The molecule has 0 unspecified atom stereocenters. The van der Waals surface area contributed by atoms with Gasteiger partial charge in [-0.1, -0.05) is 11.6 Å². The van der Waals surface area contributed by atoms with Crippen LogP contribution in [0.1, 0.15) is 19.4 Å². The molecule has 0 amide bonds. The molecule has 0 radical (unpaired) electrons. The highest BCUT2D eigenvalue weighted by Crippen LogP contribution is 2.35. The van der Waals surface area contributed by atoms with E-state index < -0.39 is 22.2 Å². The zero-order chi connectivity index (χ0) is 11.8. The van der Waals surface area contributed by atoms with Gasteiger partial charge in [-0.25, -0.2) is 8.78 Å². The first kappa shape index (κ1) is 12.2. The lowest BCUT2D eigenvalue weighted by Gasteiger charge is -2.23. The SMILES string of the molecule is COc1cc(F)c(Cl)c(F)c1C(C)(C)N. The average Bonchev–Trinajstić information content (AvgIpc) is 2.11. The standard InChI is InChI=1S/C10H12ClF2NO/c1-10(2,14)7-6(15-3)4-5(12)8(11)9(7)13/h4H,14H2,1-3H3. The number of methoxy groups -OCH3 is 1. The fraction of sp³-hybridized carbons (Fsp3) is 0.400. The summed E-state index contributed by atoms with van der Waals surface area (Å²) in [6, 6.07) is 1.02. The van der Waals surface area contributed by atoms with E-state index in [9.17, 15) is 8.78 Å². The first-order chi connectivity index (χ1) is 6.79. The molecule has 15 heavy (non-hydrogen) atoms. The number of rotatable bonds is 2. The second-order valence-electron chi connectivity index (χ2n) is 3.79. The maximum atomic E-state index is 13.7. The monoisotopic (exact) mass is 235 g/mol. The van der Waals surface area contributed by atoms with E-state index in [1.807, 2.05) is 0 Å². The Morgan fingerprint density at radius 3 is 2.33 bits per heavy atom. The fourth-order valence-corrected chi connectivity index (χ4v) is 1.48. The number of benzene rings is 1. The minimum Gasteiger partial charge on any atom is -0.496 e. The number of nitrogens with two attached hydrogens (primary N) is 1. The van der Waals surface area contributed by atoms with Crippen molar-refractivity contribution in [3.05, 3.63) is 28.3 Å². The summed E-state index contributed by atoms with van der Waals surface area (Å²) in [5.41, 5.74) is 4.82. The first-order valence-electron chi connectivity index (χ1n) is 4.30. The van der Waals surface area contributed by atoms with Crippen LogP contribution in [0.5, 0.6) is 5.75 Å². The highest BCUT2D eigenvalue weighted by Gasteiger charge is 2.27. The lowest BCUT2D eigenvalue weighted by molar-refractivity contribution is 0.379. The molecule has 0 bridgehead atoms. The third-order valence-electron chi connectivity index (χ3n) is 1.99. The average molecular weight is 236 g/mol. The van der Waals surface area contributed by atoms with Gasteiger partial charge in [0, 0.05) is 11.6 Å². The molecule has 0 spiro atoms. The third-order valence-corrected chi connectivity index (χ3v) is 2.34. The van der Waals surface area contributed by atoms with Gasteiger partial charge in [0.1, 0.15) is 16.6 Å². The van der Waals surface area contributed by atoms with E-state index in [1.165, 1.54) is 7.11 Å². The summed E-state index contributed by atoms with van der Waals surface area (Å²) in [6.07, 6.45) is 0. The number of ether oxygens (including phenoxy) is 1. The zero-order valence-electron chi connectivity index (χ0n) is 8.70. The topological polar surface area (TPSA) is 35.2 Å². The van der Waals surface area contributed by atoms with E-state index in [0.717, 1.165) is 6.07 Å². The minimum absolute atomic E-state index is 0.0573. The summed E-state index contributed by atoms with van der Waals surface area (Å²) in [5.74, 6) is -1.68. The molecule has 0 aromatic heterocycles. The lowest BCUT2D eigenvalue weighted by Crippen LogP contribution is -2.30. The van der Waals surface area contributed by atoms with Gasteiger partial charge in [0.15, 0.2) is 5.82 Å². The number of hydrogen-bond donors (Lipinski definition) is 1. The molecule has 0 saturated heterocycles. The van der Waals surface area contributed by atoms with Crippen LogP contribution in [0.15, 0.2) is 6.07 Å². The van der Waals surface area contributed by atoms with E-state index in [4.69, 9.17) is 22.1 Å². The summed E-state index contributed by atoms with van der Waals surface area (Å²) in [5, 5.41) is -0.565. The molecular formula is C10H12ClF2NO. The van der Waals surface area contributed by atoms with Gasteiger partial charge in [0.25, 0.3) is 0 Å². The molecule has 84 valence electrons. The Bertz CT molecular complexity index is 388. The highest BCUT2D eigenvalue weighted by atomic mass is 35.5. The maximum absolute atomic E-state index is 13.7. The van der Waals surface area contributed by atoms with Crippen molar-refractivity contribution in [2.75, 3.05) is 7.11 Å². The van der Waals surface area contributed by atoms with Crippen LogP contribution in [-0.4, -0.2) is 7.11 Å². The van der Waals surface area contributed by atoms with Crippen LogP contribution in [0.25, 0.3) is 0 Å². The summed E-state index contributed by atoms with van der Waals surface area (Å²) in [4.78, 5) is 0. The minimum atomic E-state index is -0.993. The molecule has 5 heteroatoms. The Labute approximate surface area is 92.0 Å². The largest absolute Gasteiger partial charge is 0.496 e. The number of halogens is 3. The van der Waals surface area contributed by atoms with Crippen molar-refractivity contribution < 1.29 is 13.5 Å². The Kier molecular flexibility index (Phi) is 3.21. The van der Waals surface area contributed by atoms with E-state index in [-0.39, 0.29) is 11.3 Å². The molecule has 0 aliphatic rings. The van der Waals surface area contributed by atoms with Crippen LogP contribution < -0.4 is 10.5 Å². The van der Waals surface area contributed by atoms with Crippen LogP contribution in [0.4, 0.5) is 8.78 Å². The van der Waals surface area contributed by atoms with E-state index in [1.54, 1.807) is 13.8 Å². The molecule has 0 atom stereocenters. The molecule has 2 nitrogen and oxygen atoms in total. The summed E-state index contributed by atoms with van der Waals surface area (Å²) in [7, 11) is 1.32. The van der Waals surface area contributed by atoms with Crippen molar-refractivity contribution in [3.8, 4) is 5.75 Å². The van der Waals surface area contributed by atoms with Gasteiger partial charge in [-0.05, 0) is 13.8 Å². The fourth-order valence-electron chi connectivity index (χ4n) is 1.33. The van der Waals surface area contributed by atoms with Gasteiger partial charge in [0.2, 0.25) is 0 Å². The predicted octanol–water partition coefficient (Wildman–Crippen LogP) is 2.82. The van der Waals surface area contributed by atoms with E-state index in [2.05, 4.69) is 0 Å². The predicted molar refractivity (Wildman–Crippen MR) is 55.1 cm³/mol. The third kappa shape index (κ3) is 2.21. The number of hydrogen-bond acceptors (Lipinski definition) is 2.